The van der Waals surface area contributed by atoms with Gasteiger partial charge in [0.25, 0.3) is 0 Å². The van der Waals surface area contributed by atoms with Crippen molar-refractivity contribution in [1.82, 2.24) is 9.97 Å². The zero-order valence-electron chi connectivity index (χ0n) is 9.90. The minimum atomic E-state index is -0.520. The number of aromatic nitrogens is 2. The van der Waals surface area contributed by atoms with E-state index in [1.54, 1.807) is 12.1 Å². The third-order valence-corrected chi connectivity index (χ3v) is 2.58. The van der Waals surface area contributed by atoms with Gasteiger partial charge in [-0.15, -0.1) is 0 Å². The molecule has 0 aromatic carbocycles. The van der Waals surface area contributed by atoms with Gasteiger partial charge >= 0.3 is 0 Å². The SMILES string of the molecule is CCC(Nc1ccc(F)nc1)c1ccc(F)cn1. The Hall–Kier alpha value is -2.04. The summed E-state index contributed by atoms with van der Waals surface area (Å²) in [6.45, 7) is 1.99. The maximum absolute atomic E-state index is 12.8. The van der Waals surface area contributed by atoms with E-state index in [1.165, 1.54) is 24.5 Å². The quantitative estimate of drug-likeness (QED) is 0.845. The van der Waals surface area contributed by atoms with Crippen molar-refractivity contribution in [2.45, 2.75) is 19.4 Å². The van der Waals surface area contributed by atoms with E-state index in [4.69, 9.17) is 0 Å². The molecule has 94 valence electrons. The molecule has 0 aliphatic rings. The Morgan fingerprint density at radius 3 is 2.50 bits per heavy atom. The van der Waals surface area contributed by atoms with Crippen LogP contribution in [-0.2, 0) is 0 Å². The maximum atomic E-state index is 12.8. The first-order valence-corrected chi connectivity index (χ1v) is 5.68. The Morgan fingerprint density at radius 1 is 1.11 bits per heavy atom. The summed E-state index contributed by atoms with van der Waals surface area (Å²) in [6.07, 6.45) is 3.38. The molecule has 0 amide bonds. The Balaban J connectivity index is 2.14. The standard InChI is InChI=1S/C13H13F2N3/c1-2-11(12-5-3-9(14)7-16-12)18-10-4-6-13(15)17-8-10/h3-8,11,18H,2H2,1H3. The van der Waals surface area contributed by atoms with Gasteiger partial charge in [0, 0.05) is 0 Å². The van der Waals surface area contributed by atoms with Gasteiger partial charge in [0.1, 0.15) is 5.82 Å². The second-order valence-electron chi connectivity index (χ2n) is 3.88. The van der Waals surface area contributed by atoms with Crippen LogP contribution in [0.1, 0.15) is 25.1 Å². The fraction of sp³-hybridized carbons (Fsp3) is 0.231. The van der Waals surface area contributed by atoms with Crippen LogP contribution >= 0.6 is 0 Å². The van der Waals surface area contributed by atoms with Crippen molar-refractivity contribution in [3.63, 3.8) is 0 Å². The van der Waals surface area contributed by atoms with Crippen LogP contribution in [0.5, 0.6) is 0 Å². The van der Waals surface area contributed by atoms with Crippen LogP contribution in [0.15, 0.2) is 36.7 Å². The van der Waals surface area contributed by atoms with Gasteiger partial charge in [-0.1, -0.05) is 6.92 Å². The van der Waals surface area contributed by atoms with E-state index in [-0.39, 0.29) is 11.9 Å². The number of halogens is 2. The summed E-state index contributed by atoms with van der Waals surface area (Å²) in [5.74, 6) is -0.884. The molecule has 0 radical (unpaired) electrons. The molecule has 0 fully saturated rings. The highest BCUT2D eigenvalue weighted by Gasteiger charge is 2.10. The summed E-state index contributed by atoms with van der Waals surface area (Å²) in [4.78, 5) is 7.60. The van der Waals surface area contributed by atoms with Crippen LogP contribution in [-0.4, -0.2) is 9.97 Å². The van der Waals surface area contributed by atoms with E-state index in [1.807, 2.05) is 6.92 Å². The molecule has 0 saturated carbocycles. The summed E-state index contributed by atoms with van der Waals surface area (Å²) < 4.78 is 25.5. The van der Waals surface area contributed by atoms with Gasteiger partial charge in [-0.05, 0) is 30.7 Å². The van der Waals surface area contributed by atoms with Crippen LogP contribution < -0.4 is 5.32 Å². The molecule has 1 atom stereocenters. The van der Waals surface area contributed by atoms with Gasteiger partial charge in [-0.2, -0.15) is 4.39 Å². The van der Waals surface area contributed by atoms with Gasteiger partial charge in [0.15, 0.2) is 0 Å². The predicted molar refractivity (Wildman–Crippen MR) is 65.0 cm³/mol. The molecule has 0 saturated heterocycles. The molecule has 2 rings (SSSR count). The molecule has 5 heteroatoms. The summed E-state index contributed by atoms with van der Waals surface area (Å²) >= 11 is 0. The lowest BCUT2D eigenvalue weighted by molar-refractivity contribution is 0.583. The Kier molecular flexibility index (Phi) is 3.82. The Bertz CT molecular complexity index is 497. The van der Waals surface area contributed by atoms with Crippen molar-refractivity contribution in [3.05, 3.63) is 54.1 Å². The minimum absolute atomic E-state index is 0.0575. The third kappa shape index (κ3) is 3.00. The average Bonchev–Trinajstić information content (AvgIpc) is 2.39. The summed E-state index contributed by atoms with van der Waals surface area (Å²) in [6, 6.07) is 5.84. The molecule has 0 aliphatic carbocycles. The third-order valence-electron chi connectivity index (χ3n) is 2.58. The zero-order valence-corrected chi connectivity index (χ0v) is 9.90. The number of rotatable bonds is 4. The second kappa shape index (κ2) is 5.53. The number of nitrogens with one attached hydrogen (secondary N) is 1. The van der Waals surface area contributed by atoms with Gasteiger partial charge in [-0.25, -0.2) is 9.37 Å². The highest BCUT2D eigenvalue weighted by molar-refractivity contribution is 5.42. The lowest BCUT2D eigenvalue weighted by Gasteiger charge is -2.17. The van der Waals surface area contributed by atoms with Crippen LogP contribution in [0.4, 0.5) is 14.5 Å². The lowest BCUT2D eigenvalue weighted by Crippen LogP contribution is -2.11. The van der Waals surface area contributed by atoms with Crippen LogP contribution in [0, 0.1) is 11.8 Å². The van der Waals surface area contributed by atoms with E-state index in [2.05, 4.69) is 15.3 Å². The maximum Gasteiger partial charge on any atom is 0.212 e. The van der Waals surface area contributed by atoms with Crippen molar-refractivity contribution in [1.29, 1.82) is 0 Å². The van der Waals surface area contributed by atoms with Crippen molar-refractivity contribution in [2.24, 2.45) is 0 Å². The first-order chi connectivity index (χ1) is 8.69. The Morgan fingerprint density at radius 2 is 1.94 bits per heavy atom. The van der Waals surface area contributed by atoms with Crippen molar-refractivity contribution in [2.75, 3.05) is 5.32 Å². The summed E-state index contributed by atoms with van der Waals surface area (Å²) in [5.41, 5.74) is 1.44. The molecule has 2 aromatic heterocycles. The molecular weight excluding hydrogens is 236 g/mol. The zero-order chi connectivity index (χ0) is 13.0. The van der Waals surface area contributed by atoms with E-state index in [9.17, 15) is 8.78 Å². The van der Waals surface area contributed by atoms with E-state index >= 15 is 0 Å². The normalized spacial score (nSPS) is 12.2. The molecule has 0 bridgehead atoms. The van der Waals surface area contributed by atoms with E-state index < -0.39 is 5.95 Å². The van der Waals surface area contributed by atoms with Crippen molar-refractivity contribution >= 4 is 5.69 Å². The summed E-state index contributed by atoms with van der Waals surface area (Å²) in [7, 11) is 0. The molecule has 0 spiro atoms. The number of anilines is 1. The van der Waals surface area contributed by atoms with Crippen LogP contribution in [0.25, 0.3) is 0 Å². The van der Waals surface area contributed by atoms with Crippen molar-refractivity contribution in [3.8, 4) is 0 Å². The molecule has 1 N–H and O–H groups in total. The molecule has 3 nitrogen and oxygen atoms in total. The first-order valence-electron chi connectivity index (χ1n) is 5.68. The fourth-order valence-electron chi connectivity index (χ4n) is 1.64. The molecule has 18 heavy (non-hydrogen) atoms. The highest BCUT2D eigenvalue weighted by atomic mass is 19.1. The van der Waals surface area contributed by atoms with E-state index in [0.29, 0.717) is 5.69 Å². The number of nitrogens with zero attached hydrogens (tertiary/aromatic N) is 2. The van der Waals surface area contributed by atoms with Crippen molar-refractivity contribution < 1.29 is 8.78 Å². The first kappa shape index (κ1) is 12.4. The smallest absolute Gasteiger partial charge is 0.212 e. The molecule has 1 unspecified atom stereocenters. The van der Waals surface area contributed by atoms with Gasteiger partial charge in [0.05, 0.1) is 29.8 Å². The minimum Gasteiger partial charge on any atom is -0.375 e. The predicted octanol–water partition coefficient (Wildman–Crippen LogP) is 3.32. The van der Waals surface area contributed by atoms with Gasteiger partial charge in [-0.3, -0.25) is 4.98 Å². The van der Waals surface area contributed by atoms with Gasteiger partial charge < -0.3 is 5.32 Å². The highest BCUT2D eigenvalue weighted by Crippen LogP contribution is 2.20. The number of hydrogen-bond acceptors (Lipinski definition) is 3. The fourth-order valence-corrected chi connectivity index (χ4v) is 1.64. The molecule has 2 heterocycles. The topological polar surface area (TPSA) is 37.8 Å². The van der Waals surface area contributed by atoms with Crippen LogP contribution in [0.2, 0.25) is 0 Å². The molecule has 0 aliphatic heterocycles. The monoisotopic (exact) mass is 249 g/mol. The Labute approximate surface area is 104 Å². The number of pyridine rings is 2. The van der Waals surface area contributed by atoms with Gasteiger partial charge in [0.2, 0.25) is 5.95 Å². The number of hydrogen-bond donors (Lipinski definition) is 1. The summed E-state index contributed by atoms with van der Waals surface area (Å²) in [5, 5.41) is 3.18. The lowest BCUT2D eigenvalue weighted by atomic mass is 10.1. The van der Waals surface area contributed by atoms with Crippen LogP contribution in [0.3, 0.4) is 0 Å². The van der Waals surface area contributed by atoms with E-state index in [0.717, 1.165) is 12.1 Å². The molecule has 2 aromatic rings. The average molecular weight is 249 g/mol. The molecular formula is C13H13F2N3. The second-order valence-corrected chi connectivity index (χ2v) is 3.88. The largest absolute Gasteiger partial charge is 0.375 e.